The number of halogens is 2. The van der Waals surface area contributed by atoms with Gasteiger partial charge in [0.05, 0.1) is 17.2 Å². The first-order chi connectivity index (χ1) is 9.13. The van der Waals surface area contributed by atoms with E-state index in [1.165, 1.54) is 6.33 Å². The first-order valence-corrected chi connectivity index (χ1v) is 6.33. The van der Waals surface area contributed by atoms with Crippen molar-refractivity contribution in [3.63, 3.8) is 0 Å². The predicted octanol–water partition coefficient (Wildman–Crippen LogP) is 3.90. The molecule has 1 N–H and O–H groups in total. The zero-order valence-electron chi connectivity index (χ0n) is 9.65. The van der Waals surface area contributed by atoms with Crippen LogP contribution in [0, 0.1) is 0 Å². The van der Waals surface area contributed by atoms with Gasteiger partial charge in [0.1, 0.15) is 0 Å². The van der Waals surface area contributed by atoms with Crippen LogP contribution in [0.4, 0.5) is 0 Å². The molecular formula is C14H8Cl2N2O. The smallest absolute Gasteiger partial charge is 0.258 e. The molecule has 0 atom stereocenters. The number of rotatable bonds is 1. The molecule has 5 heteroatoms. The highest BCUT2D eigenvalue weighted by atomic mass is 35.5. The number of aromatic amines is 1. The van der Waals surface area contributed by atoms with Gasteiger partial charge in [0.15, 0.2) is 0 Å². The van der Waals surface area contributed by atoms with Crippen LogP contribution >= 0.6 is 23.2 Å². The monoisotopic (exact) mass is 290 g/mol. The lowest BCUT2D eigenvalue weighted by molar-refractivity contribution is 1.17. The Bertz CT molecular complexity index is 807. The van der Waals surface area contributed by atoms with Gasteiger partial charge in [-0.1, -0.05) is 29.3 Å². The zero-order valence-corrected chi connectivity index (χ0v) is 11.2. The van der Waals surface area contributed by atoms with E-state index in [0.29, 0.717) is 20.9 Å². The molecule has 0 fully saturated rings. The number of hydrogen-bond acceptors (Lipinski definition) is 2. The summed E-state index contributed by atoms with van der Waals surface area (Å²) in [5.41, 5.74) is 2.22. The lowest BCUT2D eigenvalue weighted by Crippen LogP contribution is -2.05. The van der Waals surface area contributed by atoms with E-state index in [0.717, 1.165) is 11.1 Å². The largest absolute Gasteiger partial charge is 0.313 e. The highest BCUT2D eigenvalue weighted by Gasteiger charge is 2.05. The van der Waals surface area contributed by atoms with Crippen molar-refractivity contribution >= 4 is 34.1 Å². The number of benzene rings is 2. The normalized spacial score (nSPS) is 10.8. The van der Waals surface area contributed by atoms with Crippen molar-refractivity contribution in [2.24, 2.45) is 0 Å². The Hall–Kier alpha value is -1.84. The van der Waals surface area contributed by atoms with Crippen molar-refractivity contribution < 1.29 is 0 Å². The topological polar surface area (TPSA) is 45.8 Å². The van der Waals surface area contributed by atoms with E-state index < -0.39 is 0 Å². The van der Waals surface area contributed by atoms with Crippen LogP contribution in [-0.2, 0) is 0 Å². The molecule has 0 saturated heterocycles. The van der Waals surface area contributed by atoms with Gasteiger partial charge in [-0.25, -0.2) is 4.98 Å². The highest BCUT2D eigenvalue weighted by molar-refractivity contribution is 6.35. The Morgan fingerprint density at radius 3 is 2.42 bits per heavy atom. The van der Waals surface area contributed by atoms with Gasteiger partial charge in [0.25, 0.3) is 5.56 Å². The lowest BCUT2D eigenvalue weighted by atomic mass is 10.0. The lowest BCUT2D eigenvalue weighted by Gasteiger charge is -2.04. The Morgan fingerprint density at radius 1 is 0.947 bits per heavy atom. The maximum Gasteiger partial charge on any atom is 0.258 e. The average Bonchev–Trinajstić information content (AvgIpc) is 2.38. The number of hydrogen-bond donors (Lipinski definition) is 1. The third-order valence-corrected chi connectivity index (χ3v) is 3.27. The van der Waals surface area contributed by atoms with Gasteiger partial charge in [0, 0.05) is 10.0 Å². The second-order valence-electron chi connectivity index (χ2n) is 4.12. The molecule has 0 saturated carbocycles. The Kier molecular flexibility index (Phi) is 3.01. The van der Waals surface area contributed by atoms with Gasteiger partial charge < -0.3 is 4.98 Å². The molecule has 3 rings (SSSR count). The van der Waals surface area contributed by atoms with Crippen molar-refractivity contribution in [3.05, 3.63) is 63.1 Å². The summed E-state index contributed by atoms with van der Waals surface area (Å²) in [5.74, 6) is 0. The third kappa shape index (κ3) is 2.35. The fraction of sp³-hybridized carbons (Fsp3) is 0. The first kappa shape index (κ1) is 12.2. The van der Waals surface area contributed by atoms with Crippen LogP contribution in [0.3, 0.4) is 0 Å². The van der Waals surface area contributed by atoms with Crippen molar-refractivity contribution in [2.75, 3.05) is 0 Å². The van der Waals surface area contributed by atoms with Crippen LogP contribution < -0.4 is 5.56 Å². The molecule has 0 aliphatic heterocycles. The van der Waals surface area contributed by atoms with E-state index >= 15 is 0 Å². The number of H-pyrrole nitrogens is 1. The van der Waals surface area contributed by atoms with E-state index in [-0.39, 0.29) is 5.56 Å². The summed E-state index contributed by atoms with van der Waals surface area (Å²) >= 11 is 12.0. The quantitative estimate of drug-likeness (QED) is 0.739. The summed E-state index contributed by atoms with van der Waals surface area (Å²) in [6.07, 6.45) is 1.39. The van der Waals surface area contributed by atoms with E-state index in [1.807, 2.05) is 6.07 Å². The molecule has 0 radical (unpaired) electrons. The Labute approximate surface area is 118 Å². The van der Waals surface area contributed by atoms with Crippen molar-refractivity contribution in [1.82, 2.24) is 9.97 Å². The van der Waals surface area contributed by atoms with Crippen LogP contribution in [-0.4, -0.2) is 9.97 Å². The molecule has 0 spiro atoms. The van der Waals surface area contributed by atoms with E-state index in [1.54, 1.807) is 30.3 Å². The highest BCUT2D eigenvalue weighted by Crippen LogP contribution is 2.28. The molecule has 94 valence electrons. The minimum absolute atomic E-state index is 0.167. The summed E-state index contributed by atoms with van der Waals surface area (Å²) < 4.78 is 0. The van der Waals surface area contributed by atoms with Gasteiger partial charge in [-0.2, -0.15) is 0 Å². The summed E-state index contributed by atoms with van der Waals surface area (Å²) in [6, 6.07) is 10.7. The standard InChI is InChI=1S/C14H8Cl2N2O/c15-10-3-9(4-11(16)6-10)8-1-2-13-12(5-8)14(19)18-7-17-13/h1-7H,(H,17,18,19). The van der Waals surface area contributed by atoms with Crippen molar-refractivity contribution in [2.45, 2.75) is 0 Å². The van der Waals surface area contributed by atoms with E-state index in [9.17, 15) is 4.79 Å². The number of aromatic nitrogens is 2. The minimum atomic E-state index is -0.167. The molecule has 1 aromatic heterocycles. The fourth-order valence-corrected chi connectivity index (χ4v) is 2.49. The van der Waals surface area contributed by atoms with Crippen molar-refractivity contribution in [1.29, 1.82) is 0 Å². The molecule has 0 amide bonds. The van der Waals surface area contributed by atoms with Crippen LogP contribution in [0.2, 0.25) is 10.0 Å². The second kappa shape index (κ2) is 4.68. The van der Waals surface area contributed by atoms with Gasteiger partial charge in [-0.05, 0) is 41.5 Å². The molecule has 2 aromatic carbocycles. The van der Waals surface area contributed by atoms with Crippen LogP contribution in [0.1, 0.15) is 0 Å². The summed E-state index contributed by atoms with van der Waals surface area (Å²) in [6.45, 7) is 0. The van der Waals surface area contributed by atoms with Gasteiger partial charge in [0.2, 0.25) is 0 Å². The summed E-state index contributed by atoms with van der Waals surface area (Å²) in [7, 11) is 0. The van der Waals surface area contributed by atoms with E-state index in [4.69, 9.17) is 23.2 Å². The Morgan fingerprint density at radius 2 is 1.68 bits per heavy atom. The third-order valence-electron chi connectivity index (χ3n) is 2.84. The fourth-order valence-electron chi connectivity index (χ4n) is 1.97. The minimum Gasteiger partial charge on any atom is -0.313 e. The van der Waals surface area contributed by atoms with Crippen molar-refractivity contribution in [3.8, 4) is 11.1 Å². The number of nitrogens with one attached hydrogen (secondary N) is 1. The molecule has 1 heterocycles. The molecule has 0 bridgehead atoms. The van der Waals surface area contributed by atoms with Crippen LogP contribution in [0.15, 0.2) is 47.5 Å². The van der Waals surface area contributed by atoms with E-state index in [2.05, 4.69) is 9.97 Å². The average molecular weight is 291 g/mol. The molecule has 19 heavy (non-hydrogen) atoms. The molecule has 0 aliphatic rings. The molecule has 3 aromatic rings. The van der Waals surface area contributed by atoms with Gasteiger partial charge >= 0.3 is 0 Å². The first-order valence-electron chi connectivity index (χ1n) is 5.57. The number of fused-ring (bicyclic) bond motifs is 1. The zero-order chi connectivity index (χ0) is 13.4. The molecule has 0 aliphatic carbocycles. The Balaban J connectivity index is 2.25. The SMILES string of the molecule is O=c1[nH]cnc2ccc(-c3cc(Cl)cc(Cl)c3)cc12. The maximum absolute atomic E-state index is 11.7. The van der Waals surface area contributed by atoms with Gasteiger partial charge in [-0.15, -0.1) is 0 Å². The summed E-state index contributed by atoms with van der Waals surface area (Å²) in [4.78, 5) is 18.4. The summed E-state index contributed by atoms with van der Waals surface area (Å²) in [5, 5.41) is 1.65. The number of nitrogens with zero attached hydrogens (tertiary/aromatic N) is 1. The molecule has 0 unspecified atom stereocenters. The second-order valence-corrected chi connectivity index (χ2v) is 4.99. The predicted molar refractivity (Wildman–Crippen MR) is 77.8 cm³/mol. The van der Waals surface area contributed by atoms with Gasteiger partial charge in [-0.3, -0.25) is 4.79 Å². The molecular weight excluding hydrogens is 283 g/mol. The van der Waals surface area contributed by atoms with Crippen LogP contribution in [0.5, 0.6) is 0 Å². The van der Waals surface area contributed by atoms with Crippen LogP contribution in [0.25, 0.3) is 22.0 Å². The molecule has 3 nitrogen and oxygen atoms in total. The maximum atomic E-state index is 11.7.